The molecular formula is C16H28CuO2. The molecule has 115 valence electrons. The summed E-state index contributed by atoms with van der Waals surface area (Å²) < 4.78 is 5.69. The summed E-state index contributed by atoms with van der Waals surface area (Å²) in [6.07, 6.45) is 13.4. The summed E-state index contributed by atoms with van der Waals surface area (Å²) in [5.74, 6) is 0.963. The second-order valence-corrected chi connectivity index (χ2v) is 5.54. The van der Waals surface area contributed by atoms with Crippen LogP contribution in [0, 0.1) is 5.92 Å². The zero-order chi connectivity index (χ0) is 13.4. The molecule has 1 radical (unpaired) electrons. The standard InChI is InChI=1S/C16H28O2.Cu/c1-4-5-6-7-8-9-12-18-15-11-10-14(2)16(3,17)13-15;/h10-11,13-14,17H,4-9,12H2,1-3H3;. The maximum atomic E-state index is 10.1. The fourth-order valence-corrected chi connectivity index (χ4v) is 2.06. The molecule has 0 aromatic carbocycles. The van der Waals surface area contributed by atoms with E-state index in [-0.39, 0.29) is 23.0 Å². The molecule has 0 bridgehead atoms. The molecule has 0 aromatic heterocycles. The Kier molecular flexibility index (Phi) is 9.51. The SMILES string of the molecule is CCCCCCCCOC1=CC(C)(O)C(C)C=C1.[Cu]. The third-order valence-corrected chi connectivity index (χ3v) is 3.67. The van der Waals surface area contributed by atoms with Crippen LogP contribution >= 0.6 is 0 Å². The van der Waals surface area contributed by atoms with Gasteiger partial charge in [-0.1, -0.05) is 52.0 Å². The first-order chi connectivity index (χ1) is 8.56. The smallest absolute Gasteiger partial charge is 0.117 e. The molecular weight excluding hydrogens is 288 g/mol. The fourth-order valence-electron chi connectivity index (χ4n) is 2.06. The Hall–Kier alpha value is -0.241. The first-order valence-electron chi connectivity index (χ1n) is 7.32. The zero-order valence-electron chi connectivity index (χ0n) is 12.4. The molecule has 3 heteroatoms. The van der Waals surface area contributed by atoms with Crippen molar-refractivity contribution in [2.45, 2.75) is 64.9 Å². The van der Waals surface area contributed by atoms with E-state index < -0.39 is 5.60 Å². The van der Waals surface area contributed by atoms with Gasteiger partial charge in [0.05, 0.1) is 12.2 Å². The molecule has 0 aromatic rings. The summed E-state index contributed by atoms with van der Waals surface area (Å²) in [4.78, 5) is 0. The van der Waals surface area contributed by atoms with E-state index >= 15 is 0 Å². The van der Waals surface area contributed by atoms with Gasteiger partial charge < -0.3 is 9.84 Å². The van der Waals surface area contributed by atoms with Crippen LogP contribution in [0.2, 0.25) is 0 Å². The van der Waals surface area contributed by atoms with Crippen LogP contribution in [0.3, 0.4) is 0 Å². The molecule has 0 spiro atoms. The van der Waals surface area contributed by atoms with Crippen LogP contribution < -0.4 is 0 Å². The molecule has 0 saturated heterocycles. The average molecular weight is 316 g/mol. The first kappa shape index (κ1) is 18.8. The molecule has 19 heavy (non-hydrogen) atoms. The number of ether oxygens (including phenoxy) is 1. The first-order valence-corrected chi connectivity index (χ1v) is 7.32. The number of hydrogen-bond donors (Lipinski definition) is 1. The average Bonchev–Trinajstić information content (AvgIpc) is 2.32. The van der Waals surface area contributed by atoms with E-state index in [4.69, 9.17) is 4.74 Å². The van der Waals surface area contributed by atoms with Crippen molar-refractivity contribution in [3.05, 3.63) is 24.0 Å². The van der Waals surface area contributed by atoms with Gasteiger partial charge in [0.1, 0.15) is 5.76 Å². The van der Waals surface area contributed by atoms with E-state index in [0.29, 0.717) is 0 Å². The van der Waals surface area contributed by atoms with Crippen LogP contribution in [0.1, 0.15) is 59.3 Å². The maximum Gasteiger partial charge on any atom is 0.117 e. The topological polar surface area (TPSA) is 29.5 Å². The number of unbranched alkanes of at least 4 members (excludes halogenated alkanes) is 5. The molecule has 0 saturated carbocycles. The summed E-state index contributed by atoms with van der Waals surface area (Å²) in [7, 11) is 0. The van der Waals surface area contributed by atoms with E-state index in [1.807, 2.05) is 32.1 Å². The molecule has 0 amide bonds. The van der Waals surface area contributed by atoms with Gasteiger partial charge in [-0.05, 0) is 25.5 Å². The van der Waals surface area contributed by atoms with Gasteiger partial charge in [-0.15, -0.1) is 0 Å². The summed E-state index contributed by atoms with van der Waals surface area (Å²) in [6, 6.07) is 0. The molecule has 2 atom stereocenters. The van der Waals surface area contributed by atoms with Gasteiger partial charge in [0.15, 0.2) is 0 Å². The van der Waals surface area contributed by atoms with Gasteiger partial charge in [-0.25, -0.2) is 0 Å². The minimum atomic E-state index is -0.773. The molecule has 1 aliphatic carbocycles. The molecule has 1 aliphatic rings. The van der Waals surface area contributed by atoms with Crippen molar-refractivity contribution in [3.8, 4) is 0 Å². The normalized spacial score (nSPS) is 25.7. The largest absolute Gasteiger partial charge is 0.494 e. The predicted molar refractivity (Wildman–Crippen MR) is 76.3 cm³/mol. The van der Waals surface area contributed by atoms with Crippen molar-refractivity contribution < 1.29 is 26.9 Å². The number of hydrogen-bond acceptors (Lipinski definition) is 2. The van der Waals surface area contributed by atoms with E-state index in [1.165, 1.54) is 32.1 Å². The monoisotopic (exact) mass is 315 g/mol. The molecule has 2 nitrogen and oxygen atoms in total. The zero-order valence-corrected chi connectivity index (χ0v) is 13.4. The van der Waals surface area contributed by atoms with Crippen LogP contribution in [0.4, 0.5) is 0 Å². The Balaban J connectivity index is 0.00000324. The van der Waals surface area contributed by atoms with Crippen molar-refractivity contribution in [3.63, 3.8) is 0 Å². The Morgan fingerprint density at radius 1 is 1.21 bits per heavy atom. The maximum absolute atomic E-state index is 10.1. The minimum absolute atomic E-state index is 0. The Morgan fingerprint density at radius 2 is 1.84 bits per heavy atom. The minimum Gasteiger partial charge on any atom is -0.494 e. The third kappa shape index (κ3) is 7.20. The predicted octanol–water partition coefficient (Wildman–Crippen LogP) is 4.20. The second kappa shape index (κ2) is 9.63. The third-order valence-electron chi connectivity index (χ3n) is 3.67. The number of allylic oxidation sites excluding steroid dienone is 1. The van der Waals surface area contributed by atoms with E-state index in [2.05, 4.69) is 6.92 Å². The molecule has 0 heterocycles. The summed E-state index contributed by atoms with van der Waals surface area (Å²) in [6.45, 7) is 6.83. The van der Waals surface area contributed by atoms with Gasteiger partial charge in [-0.2, -0.15) is 0 Å². The van der Waals surface area contributed by atoms with E-state index in [9.17, 15) is 5.11 Å². The summed E-state index contributed by atoms with van der Waals surface area (Å²) in [5, 5.41) is 10.1. The summed E-state index contributed by atoms with van der Waals surface area (Å²) >= 11 is 0. The van der Waals surface area contributed by atoms with Crippen molar-refractivity contribution in [2.24, 2.45) is 5.92 Å². The summed E-state index contributed by atoms with van der Waals surface area (Å²) in [5.41, 5.74) is -0.773. The van der Waals surface area contributed by atoms with Crippen molar-refractivity contribution in [1.29, 1.82) is 0 Å². The quantitative estimate of drug-likeness (QED) is 0.537. The van der Waals surface area contributed by atoms with E-state index in [1.54, 1.807) is 0 Å². The molecule has 2 unspecified atom stereocenters. The van der Waals surface area contributed by atoms with Crippen LogP contribution in [0.15, 0.2) is 24.0 Å². The van der Waals surface area contributed by atoms with Gasteiger partial charge in [0, 0.05) is 23.0 Å². The van der Waals surface area contributed by atoms with Gasteiger partial charge in [0.2, 0.25) is 0 Å². The molecule has 0 fully saturated rings. The molecule has 1 N–H and O–H groups in total. The Bertz CT molecular complexity index is 295. The number of rotatable bonds is 8. The number of aliphatic hydroxyl groups is 1. The second-order valence-electron chi connectivity index (χ2n) is 5.54. The van der Waals surface area contributed by atoms with Crippen LogP contribution in [0.5, 0.6) is 0 Å². The molecule has 1 rings (SSSR count). The van der Waals surface area contributed by atoms with Crippen molar-refractivity contribution in [2.75, 3.05) is 6.61 Å². The fraction of sp³-hybridized carbons (Fsp3) is 0.750. The van der Waals surface area contributed by atoms with Crippen molar-refractivity contribution >= 4 is 0 Å². The van der Waals surface area contributed by atoms with Crippen LogP contribution in [0.25, 0.3) is 0 Å². The van der Waals surface area contributed by atoms with Crippen molar-refractivity contribution in [1.82, 2.24) is 0 Å². The van der Waals surface area contributed by atoms with Crippen LogP contribution in [-0.4, -0.2) is 17.3 Å². The van der Waals surface area contributed by atoms with Crippen LogP contribution in [-0.2, 0) is 21.8 Å². The Labute approximate surface area is 128 Å². The van der Waals surface area contributed by atoms with Gasteiger partial charge in [-0.3, -0.25) is 0 Å². The molecule has 0 aliphatic heterocycles. The van der Waals surface area contributed by atoms with Gasteiger partial charge in [0.25, 0.3) is 0 Å². The van der Waals surface area contributed by atoms with Gasteiger partial charge >= 0.3 is 0 Å². The van der Waals surface area contributed by atoms with E-state index in [0.717, 1.165) is 18.8 Å². The Morgan fingerprint density at radius 3 is 2.47 bits per heavy atom.